The lowest BCUT2D eigenvalue weighted by molar-refractivity contribution is -0.129. The Labute approximate surface area is 180 Å². The Hall–Kier alpha value is -2.14. The van der Waals surface area contributed by atoms with Crippen molar-refractivity contribution in [3.63, 3.8) is 0 Å². The van der Waals surface area contributed by atoms with Crippen LogP contribution < -0.4 is 0 Å². The highest BCUT2D eigenvalue weighted by atomic mass is 16.5. The van der Waals surface area contributed by atoms with Crippen molar-refractivity contribution >= 4 is 11.6 Å². The zero-order valence-electron chi connectivity index (χ0n) is 19.5. The van der Waals surface area contributed by atoms with E-state index in [0.29, 0.717) is 18.4 Å². The molecule has 5 heteroatoms. The van der Waals surface area contributed by atoms with Crippen LogP contribution in [0.25, 0.3) is 0 Å². The molecule has 1 atom stereocenters. The number of allylic oxidation sites excluding steroid dienone is 7. The van der Waals surface area contributed by atoms with E-state index in [4.69, 9.17) is 4.74 Å². The van der Waals surface area contributed by atoms with Crippen molar-refractivity contribution in [3.05, 3.63) is 46.0 Å². The summed E-state index contributed by atoms with van der Waals surface area (Å²) in [5, 5.41) is 21.9. The van der Waals surface area contributed by atoms with E-state index >= 15 is 0 Å². The first kappa shape index (κ1) is 24.1. The van der Waals surface area contributed by atoms with E-state index in [0.717, 1.165) is 11.1 Å². The van der Waals surface area contributed by atoms with Crippen LogP contribution in [0, 0.1) is 11.3 Å². The monoisotopic (exact) mass is 416 g/mol. The van der Waals surface area contributed by atoms with Crippen LogP contribution in [-0.4, -0.2) is 33.5 Å². The Morgan fingerprint density at radius 2 is 1.67 bits per heavy atom. The van der Waals surface area contributed by atoms with E-state index in [1.54, 1.807) is 27.7 Å². The summed E-state index contributed by atoms with van der Waals surface area (Å²) in [4.78, 5) is 27.0. The minimum Gasteiger partial charge on any atom is -0.511 e. The first-order chi connectivity index (χ1) is 13.7. The van der Waals surface area contributed by atoms with E-state index in [1.165, 1.54) is 0 Å². The molecule has 0 amide bonds. The second-order valence-electron chi connectivity index (χ2n) is 9.90. The molecule has 2 rings (SSSR count). The maximum atomic E-state index is 13.9. The van der Waals surface area contributed by atoms with Crippen LogP contribution in [0.2, 0.25) is 0 Å². The molecule has 30 heavy (non-hydrogen) atoms. The average molecular weight is 417 g/mol. The van der Waals surface area contributed by atoms with Gasteiger partial charge in [-0.15, -0.1) is 0 Å². The number of carbonyl (C=O) groups is 2. The predicted molar refractivity (Wildman–Crippen MR) is 118 cm³/mol. The molecule has 1 aliphatic heterocycles. The summed E-state index contributed by atoms with van der Waals surface area (Å²) < 4.78 is 5.94. The van der Waals surface area contributed by atoms with Gasteiger partial charge in [-0.25, -0.2) is 0 Å². The number of aliphatic hydroxyl groups excluding tert-OH is 1. The highest BCUT2D eigenvalue weighted by Gasteiger charge is 2.54. The summed E-state index contributed by atoms with van der Waals surface area (Å²) in [5.74, 6) is -0.982. The molecule has 5 nitrogen and oxygen atoms in total. The third-order valence-corrected chi connectivity index (χ3v) is 5.83. The maximum absolute atomic E-state index is 13.9. The predicted octanol–water partition coefficient (Wildman–Crippen LogP) is 5.12. The van der Waals surface area contributed by atoms with E-state index in [-0.39, 0.29) is 29.3 Å². The molecule has 0 aromatic carbocycles. The van der Waals surface area contributed by atoms with Gasteiger partial charge in [0, 0.05) is 17.9 Å². The molecule has 0 aromatic heterocycles. The van der Waals surface area contributed by atoms with E-state index in [9.17, 15) is 19.8 Å². The molecule has 1 heterocycles. The molecule has 0 saturated carbocycles. The zero-order chi connectivity index (χ0) is 23.0. The van der Waals surface area contributed by atoms with Crippen molar-refractivity contribution in [3.8, 4) is 0 Å². The van der Waals surface area contributed by atoms with Gasteiger partial charge in [0.15, 0.2) is 11.6 Å². The molecule has 166 valence electrons. The minimum atomic E-state index is -1.24. The normalized spacial score (nSPS) is 20.9. The van der Waals surface area contributed by atoms with Crippen molar-refractivity contribution in [2.45, 2.75) is 86.4 Å². The Morgan fingerprint density at radius 1 is 1.17 bits per heavy atom. The third kappa shape index (κ3) is 4.46. The SMILES string of the molecule is CC(C)=CCC1(CC=C(C)C)C(=O)C(C(=O)C(C)C)=C2O[C@H](C(C)(C)O)CC2=C1O. The number of Topliss-reactive ketones (excluding diaryl/α,β-unsaturated/α-hetero) is 2. The van der Waals surface area contributed by atoms with Gasteiger partial charge in [-0.2, -0.15) is 0 Å². The molecular weight excluding hydrogens is 380 g/mol. The highest BCUT2D eigenvalue weighted by molar-refractivity contribution is 6.25. The summed E-state index contributed by atoms with van der Waals surface area (Å²) in [6.07, 6.45) is 4.05. The van der Waals surface area contributed by atoms with Gasteiger partial charge in [0.05, 0.1) is 11.0 Å². The standard InChI is InChI=1S/C25H36O5/c1-14(2)9-11-25(12-10-15(3)4)22(27)17-13-18(24(7,8)29)30-21(17)19(23(25)28)20(26)16(5)6/h9-10,16,18,27,29H,11-13H2,1-8H3/t18-/m0/s1. The fourth-order valence-electron chi connectivity index (χ4n) is 3.81. The van der Waals surface area contributed by atoms with Gasteiger partial charge in [-0.05, 0) is 54.4 Å². The number of ketones is 2. The average Bonchev–Trinajstić information content (AvgIpc) is 3.06. The Bertz CT molecular complexity index is 830. The molecule has 0 unspecified atom stereocenters. The van der Waals surface area contributed by atoms with Gasteiger partial charge in [0.1, 0.15) is 23.2 Å². The summed E-state index contributed by atoms with van der Waals surface area (Å²) in [6.45, 7) is 14.5. The van der Waals surface area contributed by atoms with E-state index in [2.05, 4.69) is 0 Å². The van der Waals surface area contributed by atoms with Crippen LogP contribution in [0.15, 0.2) is 46.0 Å². The number of fused-ring (bicyclic) bond motifs is 1. The second-order valence-corrected chi connectivity index (χ2v) is 9.90. The Morgan fingerprint density at radius 3 is 2.07 bits per heavy atom. The van der Waals surface area contributed by atoms with Gasteiger partial charge in [-0.3, -0.25) is 9.59 Å². The van der Waals surface area contributed by atoms with Crippen LogP contribution >= 0.6 is 0 Å². The van der Waals surface area contributed by atoms with Crippen molar-refractivity contribution < 1.29 is 24.5 Å². The van der Waals surface area contributed by atoms with Crippen LogP contribution in [-0.2, 0) is 14.3 Å². The van der Waals surface area contributed by atoms with Crippen molar-refractivity contribution in [1.82, 2.24) is 0 Å². The largest absolute Gasteiger partial charge is 0.511 e. The van der Waals surface area contributed by atoms with Crippen LogP contribution in [0.3, 0.4) is 0 Å². The summed E-state index contributed by atoms with van der Waals surface area (Å²) in [5.41, 5.74) is 0.116. The Balaban J connectivity index is 2.79. The van der Waals surface area contributed by atoms with E-state index in [1.807, 2.05) is 39.8 Å². The molecule has 0 bridgehead atoms. The quantitative estimate of drug-likeness (QED) is 0.444. The number of aliphatic hydroxyl groups is 2. The third-order valence-electron chi connectivity index (χ3n) is 5.83. The van der Waals surface area contributed by atoms with Crippen LogP contribution in [0.4, 0.5) is 0 Å². The van der Waals surface area contributed by atoms with Crippen LogP contribution in [0.5, 0.6) is 0 Å². The van der Waals surface area contributed by atoms with Gasteiger partial charge in [0.2, 0.25) is 0 Å². The van der Waals surface area contributed by atoms with Gasteiger partial charge in [-0.1, -0.05) is 37.1 Å². The number of ether oxygens (including phenoxy) is 1. The molecule has 2 aliphatic rings. The second kappa shape index (κ2) is 8.54. The fourth-order valence-corrected chi connectivity index (χ4v) is 3.81. The lowest BCUT2D eigenvalue weighted by atomic mass is 9.66. The molecule has 1 fully saturated rings. The molecular formula is C25H36O5. The molecule has 0 spiro atoms. The summed E-state index contributed by atoms with van der Waals surface area (Å²) >= 11 is 0. The molecule has 1 aliphatic carbocycles. The summed E-state index contributed by atoms with van der Waals surface area (Å²) in [7, 11) is 0. The number of hydrogen-bond acceptors (Lipinski definition) is 5. The Kier molecular flexibility index (Phi) is 6.87. The minimum absolute atomic E-state index is 0.0221. The first-order valence-corrected chi connectivity index (χ1v) is 10.6. The number of hydrogen-bond donors (Lipinski definition) is 2. The smallest absolute Gasteiger partial charge is 0.184 e. The highest BCUT2D eigenvalue weighted by Crippen LogP contribution is 2.51. The van der Waals surface area contributed by atoms with Crippen LogP contribution in [0.1, 0.15) is 74.7 Å². The maximum Gasteiger partial charge on any atom is 0.184 e. The van der Waals surface area contributed by atoms with Gasteiger partial charge in [0.25, 0.3) is 0 Å². The van der Waals surface area contributed by atoms with Crippen molar-refractivity contribution in [2.75, 3.05) is 0 Å². The van der Waals surface area contributed by atoms with Gasteiger partial charge < -0.3 is 14.9 Å². The first-order valence-electron chi connectivity index (χ1n) is 10.6. The van der Waals surface area contributed by atoms with Crippen molar-refractivity contribution in [2.24, 2.45) is 11.3 Å². The van der Waals surface area contributed by atoms with Gasteiger partial charge >= 0.3 is 0 Å². The molecule has 0 radical (unpaired) electrons. The number of rotatable bonds is 7. The molecule has 1 saturated heterocycles. The lowest BCUT2D eigenvalue weighted by Gasteiger charge is -2.35. The lowest BCUT2D eigenvalue weighted by Crippen LogP contribution is -2.41. The molecule has 0 aromatic rings. The zero-order valence-corrected chi connectivity index (χ0v) is 19.5. The summed E-state index contributed by atoms with van der Waals surface area (Å²) in [6, 6.07) is 0. The van der Waals surface area contributed by atoms with E-state index < -0.39 is 28.8 Å². The topological polar surface area (TPSA) is 83.8 Å². The van der Waals surface area contributed by atoms with Crippen molar-refractivity contribution in [1.29, 1.82) is 0 Å². The number of carbonyl (C=O) groups excluding carboxylic acids is 2. The molecule has 2 N–H and O–H groups in total. The fraction of sp³-hybridized carbons (Fsp3) is 0.600.